The molecular weight excluding hydrogens is 272 g/mol. The highest BCUT2D eigenvalue weighted by molar-refractivity contribution is 7.99. The Morgan fingerprint density at radius 2 is 2.15 bits per heavy atom. The first kappa shape index (κ1) is 13.1. The number of nitrogens with two attached hydrogens (primary N) is 1. The Kier molecular flexibility index (Phi) is 3.17. The molecule has 5 nitrogen and oxygen atoms in total. The second kappa shape index (κ2) is 4.86. The van der Waals surface area contributed by atoms with E-state index in [0.29, 0.717) is 23.6 Å². The van der Waals surface area contributed by atoms with Crippen LogP contribution in [0.3, 0.4) is 0 Å². The van der Waals surface area contributed by atoms with Crippen LogP contribution < -0.4 is 10.6 Å². The number of fused-ring (bicyclic) bond motifs is 1. The average molecular weight is 288 g/mol. The quantitative estimate of drug-likeness (QED) is 0.872. The summed E-state index contributed by atoms with van der Waals surface area (Å²) in [6, 6.07) is 7.95. The van der Waals surface area contributed by atoms with Gasteiger partial charge >= 0.3 is 0 Å². The molecule has 2 aromatic rings. The second-order valence-electron chi connectivity index (χ2n) is 4.74. The van der Waals surface area contributed by atoms with Crippen LogP contribution in [0.25, 0.3) is 0 Å². The summed E-state index contributed by atoms with van der Waals surface area (Å²) in [5.74, 6) is 0.804. The van der Waals surface area contributed by atoms with Gasteiger partial charge in [-0.2, -0.15) is 5.10 Å². The fourth-order valence-electron chi connectivity index (χ4n) is 2.44. The van der Waals surface area contributed by atoms with E-state index in [1.165, 1.54) is 0 Å². The van der Waals surface area contributed by atoms with Crippen molar-refractivity contribution in [2.75, 3.05) is 22.9 Å². The number of aryl methyl sites for hydroxylation is 2. The van der Waals surface area contributed by atoms with Gasteiger partial charge in [0.15, 0.2) is 0 Å². The van der Waals surface area contributed by atoms with Crippen LogP contribution in [0.2, 0.25) is 0 Å². The van der Waals surface area contributed by atoms with Crippen LogP contribution in [0, 0.1) is 6.92 Å². The van der Waals surface area contributed by atoms with Crippen molar-refractivity contribution in [3.05, 3.63) is 35.7 Å². The monoisotopic (exact) mass is 288 g/mol. The summed E-state index contributed by atoms with van der Waals surface area (Å²) < 4.78 is 1.57. The molecule has 0 spiro atoms. The van der Waals surface area contributed by atoms with E-state index in [2.05, 4.69) is 5.10 Å². The van der Waals surface area contributed by atoms with Crippen LogP contribution in [0.4, 0.5) is 11.4 Å². The summed E-state index contributed by atoms with van der Waals surface area (Å²) in [4.78, 5) is 15.7. The van der Waals surface area contributed by atoms with Crippen LogP contribution in [0.1, 0.15) is 16.2 Å². The lowest BCUT2D eigenvalue weighted by Gasteiger charge is -2.29. The zero-order valence-corrected chi connectivity index (χ0v) is 12.3. The van der Waals surface area contributed by atoms with Gasteiger partial charge in [0.25, 0.3) is 5.91 Å². The van der Waals surface area contributed by atoms with Gasteiger partial charge in [-0.25, -0.2) is 0 Å². The van der Waals surface area contributed by atoms with Crippen LogP contribution in [0.5, 0.6) is 0 Å². The third-order valence-corrected chi connectivity index (χ3v) is 4.49. The van der Waals surface area contributed by atoms with Gasteiger partial charge < -0.3 is 10.6 Å². The van der Waals surface area contributed by atoms with Crippen molar-refractivity contribution in [1.82, 2.24) is 9.78 Å². The smallest absolute Gasteiger partial charge is 0.278 e. The Bertz CT molecular complexity index is 680. The molecule has 6 heteroatoms. The number of carbonyl (C=O) groups is 1. The SMILES string of the molecule is Cc1nn(C)c(C(=O)N2CCSc3ccccc32)c1N. The molecule has 0 saturated carbocycles. The van der Waals surface area contributed by atoms with E-state index in [-0.39, 0.29) is 5.91 Å². The third-order valence-electron chi connectivity index (χ3n) is 3.44. The van der Waals surface area contributed by atoms with Gasteiger partial charge in [0.2, 0.25) is 0 Å². The fourth-order valence-corrected chi connectivity index (χ4v) is 3.43. The molecule has 0 aliphatic carbocycles. The average Bonchev–Trinajstić information content (AvgIpc) is 2.71. The normalized spacial score (nSPS) is 14.2. The Morgan fingerprint density at radius 3 is 2.85 bits per heavy atom. The number of nitrogen functional groups attached to an aromatic ring is 1. The van der Waals surface area contributed by atoms with Gasteiger partial charge in [-0.1, -0.05) is 12.1 Å². The topological polar surface area (TPSA) is 64.2 Å². The largest absolute Gasteiger partial charge is 0.395 e. The molecule has 2 heterocycles. The van der Waals surface area contributed by atoms with Crippen LogP contribution >= 0.6 is 11.8 Å². The maximum Gasteiger partial charge on any atom is 0.278 e. The summed E-state index contributed by atoms with van der Waals surface area (Å²) in [7, 11) is 1.75. The number of carbonyl (C=O) groups excluding carboxylic acids is 1. The number of hydrogen-bond donors (Lipinski definition) is 1. The van der Waals surface area contributed by atoms with Crippen LogP contribution in [-0.2, 0) is 7.05 Å². The molecule has 20 heavy (non-hydrogen) atoms. The first-order valence-electron chi connectivity index (χ1n) is 6.42. The Labute approximate surface area is 121 Å². The number of amides is 1. The summed E-state index contributed by atoms with van der Waals surface area (Å²) in [6.07, 6.45) is 0. The number of benzene rings is 1. The van der Waals surface area contributed by atoms with Gasteiger partial charge in [0, 0.05) is 24.2 Å². The predicted octanol–water partition coefficient (Wildman–Crippen LogP) is 2.06. The molecular formula is C14H16N4OS. The van der Waals surface area contributed by atoms with Crippen molar-refractivity contribution in [3.8, 4) is 0 Å². The minimum atomic E-state index is -0.0849. The standard InChI is InChI=1S/C14H16N4OS/c1-9-12(15)13(17(2)16-9)14(19)18-7-8-20-11-6-4-3-5-10(11)18/h3-6H,7-8,15H2,1-2H3. The zero-order chi connectivity index (χ0) is 14.3. The molecule has 0 bridgehead atoms. The Hall–Kier alpha value is -1.95. The van der Waals surface area contributed by atoms with E-state index in [0.717, 1.165) is 16.3 Å². The van der Waals surface area contributed by atoms with Crippen molar-refractivity contribution in [2.24, 2.45) is 7.05 Å². The third kappa shape index (κ3) is 1.96. The van der Waals surface area contributed by atoms with E-state index in [1.807, 2.05) is 31.2 Å². The molecule has 3 rings (SSSR count). The molecule has 1 aromatic carbocycles. The fraction of sp³-hybridized carbons (Fsp3) is 0.286. The number of anilines is 2. The lowest BCUT2D eigenvalue weighted by Crippen LogP contribution is -2.36. The molecule has 0 radical (unpaired) electrons. The van der Waals surface area contributed by atoms with Crippen molar-refractivity contribution in [1.29, 1.82) is 0 Å². The van der Waals surface area contributed by atoms with Crippen LogP contribution in [0.15, 0.2) is 29.2 Å². The van der Waals surface area contributed by atoms with Gasteiger partial charge in [0.1, 0.15) is 5.69 Å². The molecule has 1 aliphatic rings. The summed E-state index contributed by atoms with van der Waals surface area (Å²) in [6.45, 7) is 2.50. The van der Waals surface area contributed by atoms with Crippen molar-refractivity contribution < 1.29 is 4.79 Å². The first-order chi connectivity index (χ1) is 9.59. The van der Waals surface area contributed by atoms with Crippen molar-refractivity contribution in [3.63, 3.8) is 0 Å². The summed E-state index contributed by atoms with van der Waals surface area (Å²) >= 11 is 1.77. The van der Waals surface area contributed by atoms with E-state index in [9.17, 15) is 4.79 Å². The Morgan fingerprint density at radius 1 is 1.40 bits per heavy atom. The Balaban J connectivity index is 2.04. The molecule has 0 saturated heterocycles. The van der Waals surface area contributed by atoms with Gasteiger partial charge in [0.05, 0.1) is 17.1 Å². The number of hydrogen-bond acceptors (Lipinski definition) is 4. The minimum absolute atomic E-state index is 0.0849. The number of rotatable bonds is 1. The molecule has 0 unspecified atom stereocenters. The first-order valence-corrected chi connectivity index (χ1v) is 7.41. The number of aromatic nitrogens is 2. The molecule has 1 amide bonds. The zero-order valence-electron chi connectivity index (χ0n) is 11.5. The van der Waals surface area contributed by atoms with Crippen molar-refractivity contribution in [2.45, 2.75) is 11.8 Å². The second-order valence-corrected chi connectivity index (χ2v) is 5.88. The molecule has 1 aromatic heterocycles. The highest BCUT2D eigenvalue weighted by Gasteiger charge is 2.28. The number of nitrogens with zero attached hydrogens (tertiary/aromatic N) is 3. The molecule has 1 aliphatic heterocycles. The maximum atomic E-state index is 12.8. The summed E-state index contributed by atoms with van der Waals surface area (Å²) in [5.41, 5.74) is 8.56. The highest BCUT2D eigenvalue weighted by atomic mass is 32.2. The van der Waals surface area contributed by atoms with Crippen molar-refractivity contribution >= 4 is 29.0 Å². The maximum absolute atomic E-state index is 12.8. The van der Waals surface area contributed by atoms with Gasteiger partial charge in [-0.05, 0) is 19.1 Å². The lowest BCUT2D eigenvalue weighted by molar-refractivity contribution is 0.0979. The number of thioether (sulfide) groups is 1. The van der Waals surface area contributed by atoms with Crippen LogP contribution in [-0.4, -0.2) is 28.0 Å². The molecule has 2 N–H and O–H groups in total. The minimum Gasteiger partial charge on any atom is -0.395 e. The lowest BCUT2D eigenvalue weighted by atomic mass is 10.2. The molecule has 104 valence electrons. The van der Waals surface area contributed by atoms with E-state index < -0.39 is 0 Å². The molecule has 0 fully saturated rings. The van der Waals surface area contributed by atoms with E-state index in [1.54, 1.807) is 28.4 Å². The summed E-state index contributed by atoms with van der Waals surface area (Å²) in [5, 5.41) is 4.22. The van der Waals surface area contributed by atoms with E-state index in [4.69, 9.17) is 5.73 Å². The predicted molar refractivity (Wildman–Crippen MR) is 81.2 cm³/mol. The van der Waals surface area contributed by atoms with Gasteiger partial charge in [-0.3, -0.25) is 9.48 Å². The van der Waals surface area contributed by atoms with Gasteiger partial charge in [-0.15, -0.1) is 11.8 Å². The van der Waals surface area contributed by atoms with E-state index >= 15 is 0 Å². The molecule has 0 atom stereocenters. The number of para-hydroxylation sites is 1. The highest BCUT2D eigenvalue weighted by Crippen LogP contribution is 2.35.